The van der Waals surface area contributed by atoms with Crippen LogP contribution in [-0.2, 0) is 11.4 Å². The monoisotopic (exact) mass is 350 g/mol. The zero-order valence-corrected chi connectivity index (χ0v) is 14.6. The van der Waals surface area contributed by atoms with Gasteiger partial charge in [-0.3, -0.25) is 0 Å². The molecule has 25 heavy (non-hydrogen) atoms. The zero-order chi connectivity index (χ0) is 17.6. The Morgan fingerprint density at radius 2 is 1.96 bits per heavy atom. The number of thiophene rings is 1. The molecule has 0 radical (unpaired) electrons. The van der Waals surface area contributed by atoms with Crippen LogP contribution < -0.4 is 4.74 Å². The Morgan fingerprint density at radius 1 is 1.12 bits per heavy atom. The molecule has 0 bridgehead atoms. The molecule has 1 N–H and O–H groups in total. The van der Waals surface area contributed by atoms with Gasteiger partial charge >= 0.3 is 5.97 Å². The van der Waals surface area contributed by atoms with Crippen LogP contribution in [0.4, 0.5) is 0 Å². The molecule has 1 heterocycles. The Hall–Kier alpha value is -2.85. The van der Waals surface area contributed by atoms with E-state index in [9.17, 15) is 9.90 Å². The van der Waals surface area contributed by atoms with Gasteiger partial charge in [-0.2, -0.15) is 0 Å². The van der Waals surface area contributed by atoms with Crippen LogP contribution in [0.5, 0.6) is 5.75 Å². The van der Waals surface area contributed by atoms with Gasteiger partial charge in [0.2, 0.25) is 0 Å². The first kappa shape index (κ1) is 17.0. The number of carboxylic acids is 1. The molecule has 0 unspecified atom stereocenters. The minimum absolute atomic E-state index is 0.265. The number of ether oxygens (including phenoxy) is 1. The van der Waals surface area contributed by atoms with E-state index in [-0.39, 0.29) is 5.57 Å². The minimum Gasteiger partial charge on any atom is -0.488 e. The largest absolute Gasteiger partial charge is 0.488 e. The highest BCUT2D eigenvalue weighted by Crippen LogP contribution is 2.28. The van der Waals surface area contributed by atoms with Crippen molar-refractivity contribution in [2.75, 3.05) is 0 Å². The number of para-hydroxylation sites is 1. The van der Waals surface area contributed by atoms with Crippen LogP contribution in [0.1, 0.15) is 21.6 Å². The average molecular weight is 350 g/mol. The van der Waals surface area contributed by atoms with E-state index in [1.807, 2.05) is 60.8 Å². The van der Waals surface area contributed by atoms with E-state index in [2.05, 4.69) is 6.07 Å². The lowest BCUT2D eigenvalue weighted by atomic mass is 10.1. The summed E-state index contributed by atoms with van der Waals surface area (Å²) in [6.45, 7) is 2.48. The van der Waals surface area contributed by atoms with Gasteiger partial charge < -0.3 is 9.84 Å². The molecule has 0 atom stereocenters. The Labute approximate surface area is 150 Å². The summed E-state index contributed by atoms with van der Waals surface area (Å²) in [5.41, 5.74) is 3.28. The summed E-state index contributed by atoms with van der Waals surface area (Å²) in [5.74, 6) is -0.282. The maximum Gasteiger partial charge on any atom is 0.337 e. The SMILES string of the molecule is Cc1cccc(COc2ccccc2/C=C(\C(=O)O)c2cccs2)c1. The molecule has 0 spiro atoms. The molecule has 1 aromatic heterocycles. The molecule has 2 aromatic carbocycles. The molecule has 3 nitrogen and oxygen atoms in total. The van der Waals surface area contributed by atoms with Crippen molar-refractivity contribution in [1.82, 2.24) is 0 Å². The molecule has 0 fully saturated rings. The molecule has 4 heteroatoms. The first-order chi connectivity index (χ1) is 12.1. The fourth-order valence-corrected chi connectivity index (χ4v) is 3.25. The number of aryl methyl sites for hydroxylation is 1. The van der Waals surface area contributed by atoms with Crippen LogP contribution in [0.15, 0.2) is 66.0 Å². The highest BCUT2D eigenvalue weighted by Gasteiger charge is 2.13. The summed E-state index contributed by atoms with van der Waals surface area (Å²) in [4.78, 5) is 12.4. The smallest absolute Gasteiger partial charge is 0.337 e. The maximum absolute atomic E-state index is 11.6. The van der Waals surface area contributed by atoms with Crippen LogP contribution in [-0.4, -0.2) is 11.1 Å². The molecule has 3 aromatic rings. The third-order valence-corrected chi connectivity index (χ3v) is 4.62. The predicted octanol–water partition coefficient (Wildman–Crippen LogP) is 5.26. The van der Waals surface area contributed by atoms with Gasteiger partial charge in [-0.1, -0.05) is 54.1 Å². The predicted molar refractivity (Wildman–Crippen MR) is 102 cm³/mol. The standard InChI is InChI=1S/C21H18O3S/c1-15-6-4-7-16(12-15)14-24-19-9-3-2-8-17(19)13-18(21(22)23)20-10-5-11-25-20/h2-13H,14H2,1H3,(H,22,23)/b18-13-. The van der Waals surface area contributed by atoms with Crippen LogP contribution in [0.25, 0.3) is 11.6 Å². The van der Waals surface area contributed by atoms with Gasteiger partial charge in [0.15, 0.2) is 0 Å². The van der Waals surface area contributed by atoms with Crippen molar-refractivity contribution in [3.05, 3.63) is 87.6 Å². The van der Waals surface area contributed by atoms with Crippen molar-refractivity contribution >= 4 is 29.0 Å². The van der Waals surface area contributed by atoms with Gasteiger partial charge in [0.25, 0.3) is 0 Å². The average Bonchev–Trinajstić information content (AvgIpc) is 3.12. The van der Waals surface area contributed by atoms with Crippen LogP contribution in [0.2, 0.25) is 0 Å². The Bertz CT molecular complexity index is 895. The van der Waals surface area contributed by atoms with E-state index in [1.165, 1.54) is 16.9 Å². The quantitative estimate of drug-likeness (QED) is 0.617. The molecule has 0 aliphatic carbocycles. The lowest BCUT2D eigenvalue weighted by Crippen LogP contribution is -2.00. The van der Waals surface area contributed by atoms with E-state index < -0.39 is 5.97 Å². The lowest BCUT2D eigenvalue weighted by Gasteiger charge is -2.10. The number of rotatable bonds is 6. The van der Waals surface area contributed by atoms with Crippen molar-refractivity contribution in [1.29, 1.82) is 0 Å². The molecule has 0 saturated carbocycles. The van der Waals surface area contributed by atoms with Crippen molar-refractivity contribution in [2.45, 2.75) is 13.5 Å². The lowest BCUT2D eigenvalue weighted by molar-refractivity contribution is -0.130. The first-order valence-corrected chi connectivity index (χ1v) is 8.77. The van der Waals surface area contributed by atoms with E-state index >= 15 is 0 Å². The second-order valence-corrected chi connectivity index (χ2v) is 6.60. The first-order valence-electron chi connectivity index (χ1n) is 7.90. The summed E-state index contributed by atoms with van der Waals surface area (Å²) in [7, 11) is 0. The summed E-state index contributed by atoms with van der Waals surface area (Å²) in [5, 5.41) is 11.4. The number of hydrogen-bond donors (Lipinski definition) is 1. The van der Waals surface area contributed by atoms with Crippen LogP contribution >= 0.6 is 11.3 Å². The number of benzene rings is 2. The van der Waals surface area contributed by atoms with E-state index in [4.69, 9.17) is 4.74 Å². The van der Waals surface area contributed by atoms with Gasteiger partial charge in [0.05, 0.1) is 5.57 Å². The molecule has 0 amide bonds. The third-order valence-electron chi connectivity index (χ3n) is 3.71. The molecule has 0 aliphatic rings. The van der Waals surface area contributed by atoms with Gasteiger partial charge in [-0.25, -0.2) is 4.79 Å². The molecule has 3 rings (SSSR count). The summed E-state index contributed by atoms with van der Waals surface area (Å²) in [6.07, 6.45) is 1.67. The van der Waals surface area contributed by atoms with Crippen molar-refractivity contribution < 1.29 is 14.6 Å². The fourth-order valence-electron chi connectivity index (χ4n) is 2.52. The molecule has 0 saturated heterocycles. The molecular formula is C21H18O3S. The number of hydrogen-bond acceptors (Lipinski definition) is 3. The Morgan fingerprint density at radius 3 is 2.68 bits per heavy atom. The van der Waals surface area contributed by atoms with Crippen molar-refractivity contribution in [2.24, 2.45) is 0 Å². The molecule has 0 aliphatic heterocycles. The highest BCUT2D eigenvalue weighted by atomic mass is 32.1. The van der Waals surface area contributed by atoms with Gasteiger partial charge in [0.1, 0.15) is 12.4 Å². The van der Waals surface area contributed by atoms with Crippen LogP contribution in [0, 0.1) is 6.92 Å². The summed E-state index contributed by atoms with van der Waals surface area (Å²) >= 11 is 1.41. The van der Waals surface area contributed by atoms with Crippen molar-refractivity contribution in [3.8, 4) is 5.75 Å². The Balaban J connectivity index is 1.87. The summed E-state index contributed by atoms with van der Waals surface area (Å²) < 4.78 is 5.94. The highest BCUT2D eigenvalue weighted by molar-refractivity contribution is 7.11. The maximum atomic E-state index is 11.6. The van der Waals surface area contributed by atoms with Gasteiger partial charge in [-0.15, -0.1) is 11.3 Å². The van der Waals surface area contributed by atoms with E-state index in [1.54, 1.807) is 12.1 Å². The second kappa shape index (κ2) is 7.81. The number of carboxylic acid groups (broad SMARTS) is 1. The van der Waals surface area contributed by atoms with E-state index in [0.717, 1.165) is 16.0 Å². The number of aliphatic carboxylic acids is 1. The third kappa shape index (κ3) is 4.37. The van der Waals surface area contributed by atoms with Gasteiger partial charge in [0, 0.05) is 10.4 Å². The van der Waals surface area contributed by atoms with E-state index in [0.29, 0.717) is 12.4 Å². The van der Waals surface area contributed by atoms with Crippen LogP contribution in [0.3, 0.4) is 0 Å². The Kier molecular flexibility index (Phi) is 5.31. The topological polar surface area (TPSA) is 46.5 Å². The summed E-state index contributed by atoms with van der Waals surface area (Å²) in [6, 6.07) is 19.3. The second-order valence-electron chi connectivity index (χ2n) is 5.66. The molecular weight excluding hydrogens is 332 g/mol. The minimum atomic E-state index is -0.948. The number of carbonyl (C=O) groups is 1. The zero-order valence-electron chi connectivity index (χ0n) is 13.8. The fraction of sp³-hybridized carbons (Fsp3) is 0.0952. The van der Waals surface area contributed by atoms with Crippen molar-refractivity contribution in [3.63, 3.8) is 0 Å². The molecule has 126 valence electrons. The normalized spacial score (nSPS) is 11.3. The van der Waals surface area contributed by atoms with Gasteiger partial charge in [-0.05, 0) is 36.1 Å².